The predicted molar refractivity (Wildman–Crippen MR) is 64.1 cm³/mol. The van der Waals surface area contributed by atoms with E-state index in [2.05, 4.69) is 5.32 Å². The highest BCUT2D eigenvalue weighted by molar-refractivity contribution is 5.46. The quantitative estimate of drug-likeness (QED) is 0.818. The lowest BCUT2D eigenvalue weighted by Crippen LogP contribution is -2.11. The number of phenolic OH excluding ortho intramolecular Hbond substituents is 1. The number of phenols is 1. The molecule has 0 bridgehead atoms. The van der Waals surface area contributed by atoms with Crippen LogP contribution in [0.5, 0.6) is 11.5 Å². The van der Waals surface area contributed by atoms with Gasteiger partial charge in [-0.2, -0.15) is 0 Å². The third-order valence-corrected chi connectivity index (χ3v) is 3.31. The van der Waals surface area contributed by atoms with E-state index in [9.17, 15) is 5.11 Å². The summed E-state index contributed by atoms with van der Waals surface area (Å²) in [5.41, 5.74) is 2.42. The molecule has 1 fully saturated rings. The van der Waals surface area contributed by atoms with Crippen LogP contribution in [0.15, 0.2) is 12.1 Å². The van der Waals surface area contributed by atoms with Crippen molar-refractivity contribution >= 4 is 0 Å². The molecule has 1 aliphatic heterocycles. The highest BCUT2D eigenvalue weighted by Crippen LogP contribution is 2.30. The van der Waals surface area contributed by atoms with Gasteiger partial charge in [0.1, 0.15) is 0 Å². The van der Waals surface area contributed by atoms with Crippen LogP contribution in [0.3, 0.4) is 0 Å². The van der Waals surface area contributed by atoms with Crippen molar-refractivity contribution in [1.82, 2.24) is 5.32 Å². The van der Waals surface area contributed by atoms with Crippen LogP contribution in [-0.4, -0.2) is 25.3 Å². The van der Waals surface area contributed by atoms with Gasteiger partial charge in [-0.1, -0.05) is 0 Å². The molecule has 3 nitrogen and oxygen atoms in total. The first-order chi connectivity index (χ1) is 7.70. The highest BCUT2D eigenvalue weighted by atomic mass is 16.5. The minimum Gasteiger partial charge on any atom is -0.504 e. The van der Waals surface area contributed by atoms with Crippen LogP contribution in [0.2, 0.25) is 0 Å². The van der Waals surface area contributed by atoms with Gasteiger partial charge in [-0.25, -0.2) is 0 Å². The van der Waals surface area contributed by atoms with Crippen LogP contribution >= 0.6 is 0 Å². The molecule has 0 spiro atoms. The molecular formula is C13H19NO2. The maximum atomic E-state index is 9.64. The van der Waals surface area contributed by atoms with E-state index in [1.165, 1.54) is 12.0 Å². The van der Waals surface area contributed by atoms with Crippen LogP contribution in [0.1, 0.15) is 17.5 Å². The fourth-order valence-corrected chi connectivity index (χ4v) is 2.30. The number of ether oxygens (including phenoxy) is 1. The second-order valence-electron chi connectivity index (χ2n) is 4.51. The third kappa shape index (κ3) is 2.30. The van der Waals surface area contributed by atoms with E-state index in [1.54, 1.807) is 13.2 Å². The van der Waals surface area contributed by atoms with Gasteiger partial charge in [-0.3, -0.25) is 0 Å². The average Bonchev–Trinajstić information content (AvgIpc) is 2.75. The van der Waals surface area contributed by atoms with Crippen molar-refractivity contribution in [2.24, 2.45) is 5.92 Å². The summed E-state index contributed by atoms with van der Waals surface area (Å²) in [4.78, 5) is 0. The van der Waals surface area contributed by atoms with Gasteiger partial charge in [-0.05, 0) is 62.0 Å². The van der Waals surface area contributed by atoms with Crippen molar-refractivity contribution < 1.29 is 9.84 Å². The van der Waals surface area contributed by atoms with Crippen molar-refractivity contribution in [2.75, 3.05) is 20.2 Å². The van der Waals surface area contributed by atoms with Crippen molar-refractivity contribution in [3.63, 3.8) is 0 Å². The maximum Gasteiger partial charge on any atom is 0.160 e. The first-order valence-corrected chi connectivity index (χ1v) is 5.78. The van der Waals surface area contributed by atoms with Crippen LogP contribution in [0, 0.1) is 12.8 Å². The molecule has 1 unspecified atom stereocenters. The Labute approximate surface area is 96.4 Å². The number of hydrogen-bond donors (Lipinski definition) is 2. The Balaban J connectivity index is 2.18. The molecule has 16 heavy (non-hydrogen) atoms. The van der Waals surface area contributed by atoms with Crippen LogP contribution in [0.4, 0.5) is 0 Å². The molecule has 1 aromatic rings. The van der Waals surface area contributed by atoms with Crippen molar-refractivity contribution in [3.05, 3.63) is 23.3 Å². The predicted octanol–water partition coefficient (Wildman–Crippen LogP) is 1.86. The first-order valence-electron chi connectivity index (χ1n) is 5.78. The van der Waals surface area contributed by atoms with Gasteiger partial charge in [0.05, 0.1) is 7.11 Å². The molecule has 2 N–H and O–H groups in total. The average molecular weight is 221 g/mol. The lowest BCUT2D eigenvalue weighted by Gasteiger charge is -2.13. The normalized spacial score (nSPS) is 20.0. The molecular weight excluding hydrogens is 202 g/mol. The number of rotatable bonds is 3. The first kappa shape index (κ1) is 11.3. The molecule has 3 heteroatoms. The second kappa shape index (κ2) is 4.74. The summed E-state index contributed by atoms with van der Waals surface area (Å²) in [5.74, 6) is 1.52. The number of nitrogens with one attached hydrogen (secondary N) is 1. The zero-order valence-corrected chi connectivity index (χ0v) is 9.92. The van der Waals surface area contributed by atoms with Crippen molar-refractivity contribution in [3.8, 4) is 11.5 Å². The molecule has 0 radical (unpaired) electrons. The van der Waals surface area contributed by atoms with Gasteiger partial charge in [0, 0.05) is 0 Å². The van der Waals surface area contributed by atoms with Crippen molar-refractivity contribution in [2.45, 2.75) is 19.8 Å². The summed E-state index contributed by atoms with van der Waals surface area (Å²) in [6.45, 7) is 4.26. The van der Waals surface area contributed by atoms with Crippen molar-refractivity contribution in [1.29, 1.82) is 0 Å². The largest absolute Gasteiger partial charge is 0.504 e. The second-order valence-corrected chi connectivity index (χ2v) is 4.51. The van der Waals surface area contributed by atoms with E-state index in [-0.39, 0.29) is 5.75 Å². The molecule has 1 heterocycles. The Morgan fingerprint density at radius 2 is 2.31 bits per heavy atom. The topological polar surface area (TPSA) is 41.5 Å². The monoisotopic (exact) mass is 221 g/mol. The summed E-state index contributed by atoms with van der Waals surface area (Å²) in [6.07, 6.45) is 2.30. The van der Waals surface area contributed by atoms with Gasteiger partial charge in [0.2, 0.25) is 0 Å². The summed E-state index contributed by atoms with van der Waals surface area (Å²) >= 11 is 0. The summed E-state index contributed by atoms with van der Waals surface area (Å²) in [5, 5.41) is 13.0. The molecule has 88 valence electrons. The van der Waals surface area contributed by atoms with E-state index in [0.717, 1.165) is 25.1 Å². The molecule has 1 aliphatic rings. The van der Waals surface area contributed by atoms with Crippen LogP contribution < -0.4 is 10.1 Å². The fraction of sp³-hybridized carbons (Fsp3) is 0.538. The summed E-state index contributed by atoms with van der Waals surface area (Å²) < 4.78 is 5.14. The molecule has 0 aliphatic carbocycles. The minimum atomic E-state index is 0.230. The number of methoxy groups -OCH3 is 1. The fourth-order valence-electron chi connectivity index (χ4n) is 2.30. The van der Waals surface area contributed by atoms with Crippen LogP contribution in [0.25, 0.3) is 0 Å². The van der Waals surface area contributed by atoms with E-state index in [0.29, 0.717) is 11.7 Å². The zero-order chi connectivity index (χ0) is 11.5. The zero-order valence-electron chi connectivity index (χ0n) is 9.92. The van der Waals surface area contributed by atoms with Gasteiger partial charge < -0.3 is 15.2 Å². The number of aryl methyl sites for hydroxylation is 1. The molecule has 2 rings (SSSR count). The Bertz CT molecular complexity index is 370. The van der Waals surface area contributed by atoms with Gasteiger partial charge in [-0.15, -0.1) is 0 Å². The third-order valence-electron chi connectivity index (χ3n) is 3.31. The number of benzene rings is 1. The standard InChI is InChI=1S/C13H19NO2/c1-9-5-12(15)13(16-2)7-11(9)6-10-3-4-14-8-10/h5,7,10,14-15H,3-4,6,8H2,1-2H3. The Morgan fingerprint density at radius 3 is 2.94 bits per heavy atom. The Hall–Kier alpha value is -1.22. The summed E-state index contributed by atoms with van der Waals surface area (Å²) in [7, 11) is 1.59. The van der Waals surface area contributed by atoms with E-state index >= 15 is 0 Å². The Morgan fingerprint density at radius 1 is 1.50 bits per heavy atom. The smallest absolute Gasteiger partial charge is 0.160 e. The molecule has 1 saturated heterocycles. The van der Waals surface area contributed by atoms with Gasteiger partial charge in [0.25, 0.3) is 0 Å². The minimum absolute atomic E-state index is 0.230. The van der Waals surface area contributed by atoms with Gasteiger partial charge in [0.15, 0.2) is 11.5 Å². The molecule has 1 atom stereocenters. The van der Waals surface area contributed by atoms with E-state index in [4.69, 9.17) is 4.74 Å². The van der Waals surface area contributed by atoms with E-state index < -0.39 is 0 Å². The van der Waals surface area contributed by atoms with Gasteiger partial charge >= 0.3 is 0 Å². The molecule has 0 aromatic heterocycles. The Kier molecular flexibility index (Phi) is 3.34. The van der Waals surface area contributed by atoms with Crippen LogP contribution in [-0.2, 0) is 6.42 Å². The molecule has 0 saturated carbocycles. The summed E-state index contributed by atoms with van der Waals surface area (Å²) in [6, 6.07) is 3.75. The lowest BCUT2D eigenvalue weighted by atomic mass is 9.95. The highest BCUT2D eigenvalue weighted by Gasteiger charge is 2.17. The SMILES string of the molecule is COc1cc(CC2CCNC2)c(C)cc1O. The molecule has 0 amide bonds. The number of aromatic hydroxyl groups is 1. The lowest BCUT2D eigenvalue weighted by molar-refractivity contribution is 0.372. The van der Waals surface area contributed by atoms with E-state index in [1.807, 2.05) is 13.0 Å². The molecule has 1 aromatic carbocycles. The number of hydrogen-bond acceptors (Lipinski definition) is 3. The maximum absolute atomic E-state index is 9.64.